The van der Waals surface area contributed by atoms with Crippen LogP contribution in [0.1, 0.15) is 34.5 Å². The van der Waals surface area contributed by atoms with Gasteiger partial charge in [0.2, 0.25) is 0 Å². The van der Waals surface area contributed by atoms with Gasteiger partial charge in [-0.05, 0) is 37.5 Å². The normalized spacial score (nSPS) is 18.9. The minimum Gasteiger partial charge on any atom is -0.350 e. The van der Waals surface area contributed by atoms with Crippen LogP contribution in [0, 0.1) is 12.8 Å². The molecule has 2 aromatic rings. The molecule has 2 aliphatic heterocycles. The summed E-state index contributed by atoms with van der Waals surface area (Å²) in [4.78, 5) is 19.2. The molecule has 1 aromatic carbocycles. The molecule has 4 rings (SSSR count). The van der Waals surface area contributed by atoms with Gasteiger partial charge in [0.1, 0.15) is 4.34 Å². The highest BCUT2D eigenvalue weighted by Crippen LogP contribution is 2.28. The summed E-state index contributed by atoms with van der Waals surface area (Å²) >= 11 is 3.42. The Morgan fingerprint density at radius 1 is 1.22 bits per heavy atom. The van der Waals surface area contributed by atoms with Gasteiger partial charge in [-0.25, -0.2) is 4.98 Å². The number of ether oxygens (including phenoxy) is 2. The lowest BCUT2D eigenvalue weighted by molar-refractivity contribution is -0.0956. The molecule has 2 aliphatic rings. The monoisotopic (exact) mass is 404 g/mol. The fraction of sp³-hybridized carbons (Fsp3) is 0.500. The predicted octanol–water partition coefficient (Wildman–Crippen LogP) is 3.97. The highest BCUT2D eigenvalue weighted by Gasteiger charge is 2.31. The number of thiazole rings is 1. The summed E-state index contributed by atoms with van der Waals surface area (Å²) < 4.78 is 12.3. The molecule has 5 nitrogen and oxygen atoms in total. The number of rotatable bonds is 5. The molecule has 0 radical (unpaired) electrons. The number of likely N-dealkylation sites (tertiary alicyclic amines) is 1. The molecule has 2 saturated heterocycles. The Balaban J connectivity index is 1.28. The second-order valence-corrected chi connectivity index (χ2v) is 9.06. The van der Waals surface area contributed by atoms with Crippen LogP contribution in [0.3, 0.4) is 0 Å². The van der Waals surface area contributed by atoms with E-state index in [1.807, 2.05) is 36.1 Å². The second-order valence-electron chi connectivity index (χ2n) is 6.98. The number of amides is 1. The average molecular weight is 405 g/mol. The number of carbonyl (C=O) groups excluding carboxylic acids is 1. The van der Waals surface area contributed by atoms with Crippen LogP contribution in [0.25, 0.3) is 0 Å². The molecule has 0 saturated carbocycles. The molecule has 2 fully saturated rings. The minimum atomic E-state index is -0.0688. The molecule has 144 valence electrons. The third-order valence-corrected chi connectivity index (χ3v) is 7.23. The Kier molecular flexibility index (Phi) is 6.12. The summed E-state index contributed by atoms with van der Waals surface area (Å²) in [6.45, 7) is 4.94. The molecule has 1 amide bonds. The van der Waals surface area contributed by atoms with E-state index in [0.717, 1.165) is 47.3 Å². The van der Waals surface area contributed by atoms with Crippen LogP contribution in [-0.4, -0.2) is 48.4 Å². The molecule has 0 atom stereocenters. The number of hydrogen-bond donors (Lipinski definition) is 0. The first-order valence-electron chi connectivity index (χ1n) is 9.35. The van der Waals surface area contributed by atoms with E-state index >= 15 is 0 Å². The van der Waals surface area contributed by atoms with E-state index in [1.54, 1.807) is 23.1 Å². The Hall–Kier alpha value is -1.41. The third-order valence-electron chi connectivity index (χ3n) is 5.02. The highest BCUT2D eigenvalue weighted by molar-refractivity contribution is 8.00. The zero-order valence-corrected chi connectivity index (χ0v) is 17.1. The van der Waals surface area contributed by atoms with Crippen LogP contribution >= 0.6 is 23.1 Å². The molecule has 0 spiro atoms. The molecular formula is C20H24N2O3S2. The molecule has 3 heterocycles. The average Bonchev–Trinajstić information content (AvgIpc) is 3.38. The van der Waals surface area contributed by atoms with E-state index in [1.165, 1.54) is 5.56 Å². The lowest BCUT2D eigenvalue weighted by Gasteiger charge is -2.33. The first kappa shape index (κ1) is 18.9. The van der Waals surface area contributed by atoms with Crippen LogP contribution in [0.15, 0.2) is 34.0 Å². The van der Waals surface area contributed by atoms with Crippen LogP contribution in [0.5, 0.6) is 0 Å². The second kappa shape index (κ2) is 8.73. The Morgan fingerprint density at radius 3 is 2.56 bits per heavy atom. The van der Waals surface area contributed by atoms with E-state index in [9.17, 15) is 4.79 Å². The van der Waals surface area contributed by atoms with Gasteiger partial charge in [-0.1, -0.05) is 23.9 Å². The van der Waals surface area contributed by atoms with Crippen molar-refractivity contribution in [3.8, 4) is 0 Å². The van der Waals surface area contributed by atoms with Crippen molar-refractivity contribution in [2.24, 2.45) is 5.92 Å². The summed E-state index contributed by atoms with van der Waals surface area (Å²) in [7, 11) is 0. The van der Waals surface area contributed by atoms with Crippen LogP contribution < -0.4 is 0 Å². The van der Waals surface area contributed by atoms with Crippen molar-refractivity contribution in [2.75, 3.05) is 26.3 Å². The molecule has 1 aromatic heterocycles. The van der Waals surface area contributed by atoms with E-state index < -0.39 is 0 Å². The van der Waals surface area contributed by atoms with Gasteiger partial charge in [0.25, 0.3) is 5.91 Å². The van der Waals surface area contributed by atoms with Gasteiger partial charge < -0.3 is 14.4 Å². The Labute approximate surface area is 168 Å². The van der Waals surface area contributed by atoms with E-state index in [0.29, 0.717) is 19.1 Å². The minimum absolute atomic E-state index is 0.0688. The highest BCUT2D eigenvalue weighted by atomic mass is 32.2. The van der Waals surface area contributed by atoms with Crippen molar-refractivity contribution in [2.45, 2.75) is 36.1 Å². The Morgan fingerprint density at radius 2 is 1.93 bits per heavy atom. The number of carbonyl (C=O) groups is 1. The molecule has 0 N–H and O–H groups in total. The van der Waals surface area contributed by atoms with Gasteiger partial charge >= 0.3 is 0 Å². The summed E-state index contributed by atoms with van der Waals surface area (Å²) in [5.41, 5.74) is 3.04. The van der Waals surface area contributed by atoms with Crippen molar-refractivity contribution in [1.82, 2.24) is 9.88 Å². The Bertz CT molecular complexity index is 764. The van der Waals surface area contributed by atoms with Gasteiger partial charge in [0, 0.05) is 41.4 Å². The number of hydrogen-bond acceptors (Lipinski definition) is 6. The fourth-order valence-electron chi connectivity index (χ4n) is 3.49. The topological polar surface area (TPSA) is 51.7 Å². The van der Waals surface area contributed by atoms with E-state index in [4.69, 9.17) is 9.47 Å². The molecule has 0 unspecified atom stereocenters. The zero-order chi connectivity index (χ0) is 18.6. The molecule has 7 heteroatoms. The molecule has 27 heavy (non-hydrogen) atoms. The lowest BCUT2D eigenvalue weighted by Crippen LogP contribution is -2.41. The van der Waals surface area contributed by atoms with Gasteiger partial charge in [-0.2, -0.15) is 0 Å². The maximum atomic E-state index is 12.8. The number of nitrogens with zero attached hydrogens (tertiary/aromatic N) is 2. The number of aryl methyl sites for hydroxylation is 1. The first-order chi connectivity index (χ1) is 13.2. The van der Waals surface area contributed by atoms with E-state index in [2.05, 4.69) is 10.4 Å². The number of benzene rings is 1. The molecular weight excluding hydrogens is 380 g/mol. The van der Waals surface area contributed by atoms with Crippen molar-refractivity contribution >= 4 is 29.0 Å². The summed E-state index contributed by atoms with van der Waals surface area (Å²) in [6.07, 6.45) is 1.82. The van der Waals surface area contributed by atoms with Crippen LogP contribution in [0.2, 0.25) is 0 Å². The zero-order valence-electron chi connectivity index (χ0n) is 15.4. The number of thioether (sulfide) groups is 1. The third kappa shape index (κ3) is 4.71. The maximum absolute atomic E-state index is 12.8. The largest absolute Gasteiger partial charge is 0.350 e. The smallest absolute Gasteiger partial charge is 0.253 e. The van der Waals surface area contributed by atoms with Gasteiger partial charge in [-0.15, -0.1) is 11.3 Å². The van der Waals surface area contributed by atoms with Gasteiger partial charge in [0.05, 0.1) is 13.2 Å². The quantitative estimate of drug-likeness (QED) is 0.706. The fourth-order valence-corrected chi connectivity index (χ4v) is 5.30. The summed E-state index contributed by atoms with van der Waals surface area (Å²) in [5, 5.41) is 2.07. The summed E-state index contributed by atoms with van der Waals surface area (Å²) in [5.74, 6) is 1.40. The maximum Gasteiger partial charge on any atom is 0.253 e. The number of piperidine rings is 1. The standard InChI is InChI=1S/C20H24N2O3S2/c1-14-12-26-20(21-14)27-13-15-2-4-16(5-3-15)18(23)22-8-6-17(7-9-22)19-24-10-11-25-19/h2-5,12,17,19H,6-11,13H2,1H3. The van der Waals surface area contributed by atoms with Crippen molar-refractivity contribution < 1.29 is 14.3 Å². The van der Waals surface area contributed by atoms with Gasteiger partial charge in [-0.3, -0.25) is 4.79 Å². The molecule has 0 bridgehead atoms. The van der Waals surface area contributed by atoms with Crippen molar-refractivity contribution in [3.63, 3.8) is 0 Å². The van der Waals surface area contributed by atoms with Crippen molar-refractivity contribution in [1.29, 1.82) is 0 Å². The van der Waals surface area contributed by atoms with Crippen LogP contribution in [-0.2, 0) is 15.2 Å². The van der Waals surface area contributed by atoms with Crippen molar-refractivity contribution in [3.05, 3.63) is 46.5 Å². The lowest BCUT2D eigenvalue weighted by atomic mass is 9.95. The van der Waals surface area contributed by atoms with E-state index in [-0.39, 0.29) is 12.2 Å². The first-order valence-corrected chi connectivity index (χ1v) is 11.2. The predicted molar refractivity (Wildman–Crippen MR) is 107 cm³/mol. The number of aromatic nitrogens is 1. The molecule has 0 aliphatic carbocycles. The SMILES string of the molecule is Cc1csc(SCc2ccc(C(=O)N3CCC(C4OCCO4)CC3)cc2)n1. The summed E-state index contributed by atoms with van der Waals surface area (Å²) in [6, 6.07) is 7.99. The van der Waals surface area contributed by atoms with Crippen LogP contribution in [0.4, 0.5) is 0 Å². The van der Waals surface area contributed by atoms with Gasteiger partial charge in [0.15, 0.2) is 6.29 Å².